The molecule has 1 aliphatic heterocycles. The van der Waals surface area contributed by atoms with Crippen LogP contribution in [0.25, 0.3) is 16.9 Å². The molecule has 3 aromatic carbocycles. The number of benzene rings is 3. The van der Waals surface area contributed by atoms with Crippen molar-refractivity contribution >= 4 is 11.8 Å². The molecule has 6 heteroatoms. The molecule has 1 saturated heterocycles. The van der Waals surface area contributed by atoms with Crippen LogP contribution >= 0.6 is 0 Å². The molecule has 0 unspecified atom stereocenters. The van der Waals surface area contributed by atoms with Crippen molar-refractivity contribution < 1.29 is 9.59 Å². The molecule has 0 atom stereocenters. The molecular formula is C30H30N4O2. The number of rotatable bonds is 6. The molecule has 1 aromatic heterocycles. The molecule has 2 heterocycles. The van der Waals surface area contributed by atoms with Crippen LogP contribution in [-0.4, -0.2) is 39.6 Å². The average Bonchev–Trinajstić information content (AvgIpc) is 3.38. The number of carbonyl (C=O) groups excluding carboxylic acids is 2. The standard InChI is InChI=1S/C30H30N4O2/c1-22-9-8-12-25(19-22)28-27(21-34(32-28)26-13-6-3-7-14-26)30(36)33-17-15-24(16-18-33)29(35)31-20-23-10-4-2-5-11-23/h2-14,19,21,24H,15-18,20H2,1H3,(H,31,35). The fourth-order valence-electron chi connectivity index (χ4n) is 4.69. The van der Waals surface area contributed by atoms with Gasteiger partial charge >= 0.3 is 0 Å². The summed E-state index contributed by atoms with van der Waals surface area (Å²) >= 11 is 0. The van der Waals surface area contributed by atoms with Gasteiger partial charge in [-0.1, -0.05) is 72.3 Å². The minimum atomic E-state index is -0.0824. The Morgan fingerprint density at radius 2 is 1.61 bits per heavy atom. The van der Waals surface area contributed by atoms with Crippen molar-refractivity contribution in [3.05, 3.63) is 108 Å². The largest absolute Gasteiger partial charge is 0.352 e. The number of hydrogen-bond donors (Lipinski definition) is 1. The van der Waals surface area contributed by atoms with E-state index >= 15 is 0 Å². The summed E-state index contributed by atoms with van der Waals surface area (Å²) in [6, 6.07) is 27.8. The van der Waals surface area contributed by atoms with Crippen molar-refractivity contribution in [2.24, 2.45) is 5.92 Å². The van der Waals surface area contributed by atoms with E-state index in [1.165, 1.54) is 0 Å². The number of nitrogens with zero attached hydrogens (tertiary/aromatic N) is 3. The van der Waals surface area contributed by atoms with Crippen LogP contribution in [0.2, 0.25) is 0 Å². The van der Waals surface area contributed by atoms with Gasteiger partial charge in [0.2, 0.25) is 5.91 Å². The first kappa shape index (κ1) is 23.5. The van der Waals surface area contributed by atoms with Gasteiger partial charge in [-0.2, -0.15) is 5.10 Å². The predicted octanol–water partition coefficient (Wildman–Crippen LogP) is 5.02. The number of nitrogens with one attached hydrogen (secondary N) is 1. The summed E-state index contributed by atoms with van der Waals surface area (Å²) in [6.07, 6.45) is 3.13. The highest BCUT2D eigenvalue weighted by molar-refractivity contribution is 6.00. The van der Waals surface area contributed by atoms with Gasteiger partial charge in [-0.05, 0) is 43.5 Å². The van der Waals surface area contributed by atoms with E-state index in [9.17, 15) is 9.59 Å². The molecule has 4 aromatic rings. The summed E-state index contributed by atoms with van der Waals surface area (Å²) in [7, 11) is 0. The van der Waals surface area contributed by atoms with Crippen LogP contribution in [-0.2, 0) is 11.3 Å². The molecule has 1 fully saturated rings. The highest BCUT2D eigenvalue weighted by Crippen LogP contribution is 2.27. The molecule has 1 N–H and O–H groups in total. The summed E-state index contributed by atoms with van der Waals surface area (Å²) in [4.78, 5) is 28.3. The molecule has 5 rings (SSSR count). The summed E-state index contributed by atoms with van der Waals surface area (Å²) in [5.41, 5.74) is 5.27. The second kappa shape index (κ2) is 10.6. The van der Waals surface area contributed by atoms with Crippen LogP contribution in [0.3, 0.4) is 0 Å². The molecule has 0 radical (unpaired) electrons. The Labute approximate surface area is 211 Å². The van der Waals surface area contributed by atoms with Crippen molar-refractivity contribution in [1.82, 2.24) is 20.0 Å². The van der Waals surface area contributed by atoms with Gasteiger partial charge in [0.25, 0.3) is 5.91 Å². The highest BCUT2D eigenvalue weighted by atomic mass is 16.2. The third kappa shape index (κ3) is 5.23. The zero-order chi connectivity index (χ0) is 24.9. The number of para-hydroxylation sites is 1. The van der Waals surface area contributed by atoms with Gasteiger partial charge in [0, 0.05) is 37.3 Å². The van der Waals surface area contributed by atoms with Crippen LogP contribution < -0.4 is 5.32 Å². The van der Waals surface area contributed by atoms with Gasteiger partial charge in [-0.3, -0.25) is 9.59 Å². The Bertz CT molecular complexity index is 1340. The van der Waals surface area contributed by atoms with Crippen molar-refractivity contribution in [2.75, 3.05) is 13.1 Å². The fraction of sp³-hybridized carbons (Fsp3) is 0.233. The molecule has 0 spiro atoms. The second-order valence-electron chi connectivity index (χ2n) is 9.31. The van der Waals surface area contributed by atoms with E-state index < -0.39 is 0 Å². The van der Waals surface area contributed by atoms with Crippen LogP contribution in [0.4, 0.5) is 0 Å². The van der Waals surface area contributed by atoms with Gasteiger partial charge in [0.1, 0.15) is 5.69 Å². The summed E-state index contributed by atoms with van der Waals surface area (Å²) in [5.74, 6) is -0.0684. The lowest BCUT2D eigenvalue weighted by Gasteiger charge is -2.31. The number of piperidine rings is 1. The second-order valence-corrected chi connectivity index (χ2v) is 9.31. The first-order valence-electron chi connectivity index (χ1n) is 12.4. The maximum absolute atomic E-state index is 13.7. The van der Waals surface area contributed by atoms with Crippen LogP contribution in [0.1, 0.15) is 34.3 Å². The smallest absolute Gasteiger partial charge is 0.257 e. The lowest BCUT2D eigenvalue weighted by Crippen LogP contribution is -2.43. The molecule has 0 saturated carbocycles. The van der Waals surface area contributed by atoms with E-state index in [1.807, 2.05) is 96.9 Å². The zero-order valence-electron chi connectivity index (χ0n) is 20.4. The first-order chi connectivity index (χ1) is 17.6. The monoisotopic (exact) mass is 478 g/mol. The summed E-state index contributed by atoms with van der Waals surface area (Å²) < 4.78 is 1.77. The molecule has 6 nitrogen and oxygen atoms in total. The molecule has 2 amide bonds. The number of aryl methyl sites for hydroxylation is 1. The van der Waals surface area contributed by atoms with E-state index in [0.29, 0.717) is 43.7 Å². The zero-order valence-corrected chi connectivity index (χ0v) is 20.4. The van der Waals surface area contributed by atoms with Gasteiger partial charge in [-0.15, -0.1) is 0 Å². The van der Waals surface area contributed by atoms with E-state index in [2.05, 4.69) is 11.4 Å². The summed E-state index contributed by atoms with van der Waals surface area (Å²) in [6.45, 7) is 3.65. The Morgan fingerprint density at radius 1 is 0.917 bits per heavy atom. The van der Waals surface area contributed by atoms with Crippen molar-refractivity contribution in [3.8, 4) is 16.9 Å². The third-order valence-electron chi connectivity index (χ3n) is 6.72. The number of likely N-dealkylation sites (tertiary alicyclic amines) is 1. The lowest BCUT2D eigenvalue weighted by molar-refractivity contribution is -0.126. The number of amides is 2. The van der Waals surface area contributed by atoms with Gasteiger partial charge < -0.3 is 10.2 Å². The predicted molar refractivity (Wildman–Crippen MR) is 141 cm³/mol. The topological polar surface area (TPSA) is 67.2 Å². The molecule has 1 aliphatic rings. The first-order valence-corrected chi connectivity index (χ1v) is 12.4. The molecule has 182 valence electrons. The fourth-order valence-corrected chi connectivity index (χ4v) is 4.69. The summed E-state index contributed by atoms with van der Waals surface area (Å²) in [5, 5.41) is 7.86. The molecule has 0 aliphatic carbocycles. The van der Waals surface area contributed by atoms with Gasteiger partial charge in [-0.25, -0.2) is 4.68 Å². The highest BCUT2D eigenvalue weighted by Gasteiger charge is 2.30. The average molecular weight is 479 g/mol. The van der Waals surface area contributed by atoms with Crippen LogP contribution in [0.5, 0.6) is 0 Å². The minimum absolute atomic E-state index is 0.0446. The molecular weight excluding hydrogens is 448 g/mol. The quantitative estimate of drug-likeness (QED) is 0.423. The minimum Gasteiger partial charge on any atom is -0.352 e. The van der Waals surface area contributed by atoms with E-state index in [-0.39, 0.29) is 17.7 Å². The Morgan fingerprint density at radius 3 is 2.31 bits per heavy atom. The number of carbonyl (C=O) groups is 2. The normalized spacial score (nSPS) is 14.0. The van der Waals surface area contributed by atoms with E-state index in [4.69, 9.17) is 5.10 Å². The Kier molecular flexibility index (Phi) is 6.94. The maximum Gasteiger partial charge on any atom is 0.257 e. The molecule has 0 bridgehead atoms. The SMILES string of the molecule is Cc1cccc(-c2nn(-c3ccccc3)cc2C(=O)N2CCC(C(=O)NCc3ccccc3)CC2)c1. The maximum atomic E-state index is 13.7. The van der Waals surface area contributed by atoms with Crippen molar-refractivity contribution in [2.45, 2.75) is 26.3 Å². The number of hydrogen-bond acceptors (Lipinski definition) is 3. The lowest BCUT2D eigenvalue weighted by atomic mass is 9.95. The Hall–Kier alpha value is -4.19. The third-order valence-corrected chi connectivity index (χ3v) is 6.72. The number of aromatic nitrogens is 2. The van der Waals surface area contributed by atoms with Gasteiger partial charge in [0.15, 0.2) is 0 Å². The van der Waals surface area contributed by atoms with E-state index in [0.717, 1.165) is 22.4 Å². The Balaban J connectivity index is 1.31. The van der Waals surface area contributed by atoms with E-state index in [1.54, 1.807) is 4.68 Å². The molecule has 36 heavy (non-hydrogen) atoms. The van der Waals surface area contributed by atoms with Crippen molar-refractivity contribution in [3.63, 3.8) is 0 Å². The van der Waals surface area contributed by atoms with Crippen molar-refractivity contribution in [1.29, 1.82) is 0 Å². The van der Waals surface area contributed by atoms with Gasteiger partial charge in [0.05, 0.1) is 11.3 Å². The van der Waals surface area contributed by atoms with Crippen LogP contribution in [0, 0.1) is 12.8 Å². The van der Waals surface area contributed by atoms with Crippen LogP contribution in [0.15, 0.2) is 91.1 Å².